The molecular weight excluding hydrogens is 279 g/mol. The lowest BCUT2D eigenvalue weighted by atomic mass is 10.2. The quantitative estimate of drug-likeness (QED) is 0.646. The topological polar surface area (TPSA) is 70.0 Å². The molecule has 1 rings (SSSR count). The average Bonchev–Trinajstić information content (AvgIpc) is 2.31. The maximum Gasteiger partial charge on any atom is 0.232 e. The number of nitrogens with zero attached hydrogens (tertiary/aromatic N) is 1. The zero-order valence-electron chi connectivity index (χ0n) is 9.49. The summed E-state index contributed by atoms with van der Waals surface area (Å²) in [6, 6.07) is 5.33. The second-order valence-electron chi connectivity index (χ2n) is 3.62. The summed E-state index contributed by atoms with van der Waals surface area (Å²) in [6.45, 7) is 0. The summed E-state index contributed by atoms with van der Waals surface area (Å²) in [5.41, 5.74) is -0.0162. The van der Waals surface area contributed by atoms with Gasteiger partial charge in [-0.3, -0.25) is 4.72 Å². The van der Waals surface area contributed by atoms with Gasteiger partial charge in [-0.05, 0) is 31.0 Å². The minimum atomic E-state index is -3.58. The van der Waals surface area contributed by atoms with Gasteiger partial charge in [-0.25, -0.2) is 12.8 Å². The molecule has 1 N–H and O–H groups in total. The fourth-order valence-corrected chi connectivity index (χ4v) is 2.65. The largest absolute Gasteiger partial charge is 0.281 e. The monoisotopic (exact) mass is 290 g/mol. The van der Waals surface area contributed by atoms with Gasteiger partial charge >= 0.3 is 0 Å². The standard InChI is InChI=1S/C11H12ClFN2O2S/c12-5-1-2-6-18(16,17)15-11-4-3-9(8-14)7-10(11)13/h3-4,7,15H,1-2,5-6H2. The molecule has 0 aliphatic rings. The Morgan fingerprint density at radius 3 is 2.67 bits per heavy atom. The number of alkyl halides is 1. The van der Waals surface area contributed by atoms with Crippen LogP contribution in [0.5, 0.6) is 0 Å². The molecule has 4 nitrogen and oxygen atoms in total. The van der Waals surface area contributed by atoms with E-state index in [2.05, 4.69) is 4.72 Å². The van der Waals surface area contributed by atoms with Crippen molar-refractivity contribution in [2.75, 3.05) is 16.4 Å². The van der Waals surface area contributed by atoms with Crippen molar-refractivity contribution in [3.05, 3.63) is 29.6 Å². The fraction of sp³-hybridized carbons (Fsp3) is 0.364. The van der Waals surface area contributed by atoms with Crippen molar-refractivity contribution >= 4 is 27.3 Å². The van der Waals surface area contributed by atoms with Gasteiger partial charge in [-0.15, -0.1) is 11.6 Å². The molecule has 0 aromatic heterocycles. The molecule has 1 aromatic carbocycles. The van der Waals surface area contributed by atoms with Crippen molar-refractivity contribution in [3.8, 4) is 6.07 Å². The number of nitrogens with one attached hydrogen (secondary N) is 1. The van der Waals surface area contributed by atoms with E-state index < -0.39 is 15.8 Å². The SMILES string of the molecule is N#Cc1ccc(NS(=O)(=O)CCCCCl)c(F)c1. The normalized spacial score (nSPS) is 10.9. The van der Waals surface area contributed by atoms with E-state index in [0.29, 0.717) is 18.7 Å². The minimum Gasteiger partial charge on any atom is -0.281 e. The molecule has 0 bridgehead atoms. The van der Waals surface area contributed by atoms with E-state index in [0.717, 1.165) is 6.07 Å². The highest BCUT2D eigenvalue weighted by Crippen LogP contribution is 2.17. The first kappa shape index (κ1) is 14.7. The van der Waals surface area contributed by atoms with Crippen LogP contribution in [0.25, 0.3) is 0 Å². The Balaban J connectivity index is 2.75. The summed E-state index contributed by atoms with van der Waals surface area (Å²) in [7, 11) is -3.58. The number of unbranched alkanes of at least 4 members (excludes halogenated alkanes) is 1. The molecule has 0 saturated heterocycles. The van der Waals surface area contributed by atoms with Crippen LogP contribution in [0.2, 0.25) is 0 Å². The van der Waals surface area contributed by atoms with Crippen molar-refractivity contribution < 1.29 is 12.8 Å². The van der Waals surface area contributed by atoms with Crippen molar-refractivity contribution in [1.82, 2.24) is 0 Å². The Hall–Kier alpha value is -1.32. The van der Waals surface area contributed by atoms with Crippen LogP contribution in [0.1, 0.15) is 18.4 Å². The van der Waals surface area contributed by atoms with E-state index in [1.807, 2.05) is 0 Å². The van der Waals surface area contributed by atoms with Crippen molar-refractivity contribution in [3.63, 3.8) is 0 Å². The number of halogens is 2. The third kappa shape index (κ3) is 4.51. The van der Waals surface area contributed by atoms with Crippen LogP contribution < -0.4 is 4.72 Å². The van der Waals surface area contributed by atoms with Gasteiger partial charge < -0.3 is 0 Å². The van der Waals surface area contributed by atoms with Gasteiger partial charge in [-0.1, -0.05) is 0 Å². The van der Waals surface area contributed by atoms with Crippen molar-refractivity contribution in [2.45, 2.75) is 12.8 Å². The Morgan fingerprint density at radius 1 is 1.39 bits per heavy atom. The molecule has 98 valence electrons. The van der Waals surface area contributed by atoms with Crippen LogP contribution in [0, 0.1) is 17.1 Å². The second-order valence-corrected chi connectivity index (χ2v) is 5.84. The average molecular weight is 291 g/mol. The van der Waals surface area contributed by atoms with Gasteiger partial charge in [0.15, 0.2) is 0 Å². The third-order valence-corrected chi connectivity index (χ3v) is 3.78. The van der Waals surface area contributed by atoms with Gasteiger partial charge in [0.2, 0.25) is 10.0 Å². The number of benzene rings is 1. The third-order valence-electron chi connectivity index (χ3n) is 2.16. The highest BCUT2D eigenvalue weighted by atomic mass is 35.5. The molecule has 0 aliphatic carbocycles. The number of nitriles is 1. The highest BCUT2D eigenvalue weighted by molar-refractivity contribution is 7.92. The van der Waals surface area contributed by atoms with Gasteiger partial charge in [0.1, 0.15) is 5.82 Å². The molecule has 0 radical (unpaired) electrons. The molecular formula is C11H12ClFN2O2S. The molecule has 1 aromatic rings. The summed E-state index contributed by atoms with van der Waals surface area (Å²) in [5, 5.41) is 8.56. The van der Waals surface area contributed by atoms with Gasteiger partial charge in [-0.2, -0.15) is 5.26 Å². The minimum absolute atomic E-state index is 0.112. The molecule has 0 heterocycles. The van der Waals surface area contributed by atoms with E-state index in [1.54, 1.807) is 6.07 Å². The summed E-state index contributed by atoms with van der Waals surface area (Å²) >= 11 is 5.44. The lowest BCUT2D eigenvalue weighted by Gasteiger charge is -2.08. The van der Waals surface area contributed by atoms with Crippen LogP contribution in [0.3, 0.4) is 0 Å². The molecule has 0 fully saturated rings. The highest BCUT2D eigenvalue weighted by Gasteiger charge is 2.13. The van der Waals surface area contributed by atoms with E-state index >= 15 is 0 Å². The maximum absolute atomic E-state index is 13.5. The van der Waals surface area contributed by atoms with Crippen molar-refractivity contribution in [2.24, 2.45) is 0 Å². The molecule has 0 saturated carbocycles. The zero-order valence-corrected chi connectivity index (χ0v) is 11.1. The number of sulfonamides is 1. The second kappa shape index (κ2) is 6.57. The lowest BCUT2D eigenvalue weighted by molar-refractivity contribution is 0.595. The fourth-order valence-electron chi connectivity index (χ4n) is 1.27. The predicted octanol–water partition coefficient (Wildman–Crippen LogP) is 2.46. The lowest BCUT2D eigenvalue weighted by Crippen LogP contribution is -2.17. The Kier molecular flexibility index (Phi) is 5.38. The summed E-state index contributed by atoms with van der Waals surface area (Å²) in [5.74, 6) is -0.491. The maximum atomic E-state index is 13.5. The Morgan fingerprint density at radius 2 is 2.11 bits per heavy atom. The molecule has 0 atom stereocenters. The number of rotatable bonds is 6. The van der Waals surface area contributed by atoms with E-state index in [-0.39, 0.29) is 17.0 Å². The number of hydrogen-bond acceptors (Lipinski definition) is 3. The van der Waals surface area contributed by atoms with E-state index in [1.165, 1.54) is 12.1 Å². The smallest absolute Gasteiger partial charge is 0.232 e. The first-order valence-electron chi connectivity index (χ1n) is 5.24. The van der Waals surface area contributed by atoms with Gasteiger partial charge in [0.25, 0.3) is 0 Å². The predicted molar refractivity (Wildman–Crippen MR) is 68.5 cm³/mol. The molecule has 7 heteroatoms. The summed E-state index contributed by atoms with van der Waals surface area (Å²) in [4.78, 5) is 0. The summed E-state index contributed by atoms with van der Waals surface area (Å²) in [6.07, 6.45) is 0.995. The Labute approximate surface area is 110 Å². The molecule has 18 heavy (non-hydrogen) atoms. The zero-order chi connectivity index (χ0) is 13.6. The molecule has 0 amide bonds. The van der Waals surface area contributed by atoms with E-state index in [9.17, 15) is 12.8 Å². The first-order valence-corrected chi connectivity index (χ1v) is 7.43. The van der Waals surface area contributed by atoms with Crippen LogP contribution in [-0.2, 0) is 10.0 Å². The molecule has 0 unspecified atom stereocenters. The van der Waals surface area contributed by atoms with Crippen LogP contribution in [-0.4, -0.2) is 20.1 Å². The molecule has 0 spiro atoms. The van der Waals surface area contributed by atoms with Gasteiger partial charge in [0.05, 0.1) is 23.1 Å². The first-order chi connectivity index (χ1) is 8.48. The van der Waals surface area contributed by atoms with Crippen LogP contribution in [0.4, 0.5) is 10.1 Å². The van der Waals surface area contributed by atoms with Crippen molar-refractivity contribution in [1.29, 1.82) is 5.26 Å². The number of hydrogen-bond donors (Lipinski definition) is 1. The van der Waals surface area contributed by atoms with Crippen LogP contribution >= 0.6 is 11.6 Å². The number of anilines is 1. The van der Waals surface area contributed by atoms with Gasteiger partial charge in [0, 0.05) is 5.88 Å². The molecule has 0 aliphatic heterocycles. The van der Waals surface area contributed by atoms with E-state index in [4.69, 9.17) is 16.9 Å². The summed E-state index contributed by atoms with van der Waals surface area (Å²) < 4.78 is 38.8. The van der Waals surface area contributed by atoms with Crippen LogP contribution in [0.15, 0.2) is 18.2 Å². The Bertz CT molecular complexity index is 555.